The SMILES string of the molecule is CC(=O)c1ccc2ccccc2c1OC(C)c1ccccc1. The summed E-state index contributed by atoms with van der Waals surface area (Å²) in [5.74, 6) is 0.683. The first-order valence-corrected chi connectivity index (χ1v) is 7.41. The molecule has 3 aromatic carbocycles. The summed E-state index contributed by atoms with van der Waals surface area (Å²) >= 11 is 0. The van der Waals surface area contributed by atoms with Crippen molar-refractivity contribution in [1.82, 2.24) is 0 Å². The number of carbonyl (C=O) groups excluding carboxylic acids is 1. The van der Waals surface area contributed by atoms with Crippen LogP contribution < -0.4 is 4.74 Å². The summed E-state index contributed by atoms with van der Waals surface area (Å²) in [6.45, 7) is 3.57. The van der Waals surface area contributed by atoms with Crippen molar-refractivity contribution < 1.29 is 9.53 Å². The van der Waals surface area contributed by atoms with Gasteiger partial charge in [0.2, 0.25) is 0 Å². The molecule has 1 atom stereocenters. The highest BCUT2D eigenvalue weighted by Gasteiger charge is 2.16. The van der Waals surface area contributed by atoms with E-state index in [1.807, 2.05) is 73.7 Å². The lowest BCUT2D eigenvalue weighted by molar-refractivity contribution is 0.101. The molecule has 0 saturated heterocycles. The van der Waals surface area contributed by atoms with Crippen LogP contribution in [-0.4, -0.2) is 5.78 Å². The quantitative estimate of drug-likeness (QED) is 0.619. The molecular formula is C20H18O2. The van der Waals surface area contributed by atoms with Crippen molar-refractivity contribution >= 4 is 16.6 Å². The molecule has 0 amide bonds. The van der Waals surface area contributed by atoms with Gasteiger partial charge in [-0.25, -0.2) is 0 Å². The Morgan fingerprint density at radius 2 is 1.59 bits per heavy atom. The first-order chi connectivity index (χ1) is 10.7. The second-order valence-corrected chi connectivity index (χ2v) is 5.39. The molecular weight excluding hydrogens is 272 g/mol. The van der Waals surface area contributed by atoms with Crippen molar-refractivity contribution in [1.29, 1.82) is 0 Å². The van der Waals surface area contributed by atoms with Crippen molar-refractivity contribution in [3.05, 3.63) is 77.9 Å². The molecule has 0 fully saturated rings. The number of benzene rings is 3. The molecule has 0 radical (unpaired) electrons. The van der Waals surface area contributed by atoms with Crippen LogP contribution in [0.25, 0.3) is 10.8 Å². The van der Waals surface area contributed by atoms with Crippen LogP contribution in [0.15, 0.2) is 66.7 Å². The Morgan fingerprint density at radius 3 is 2.32 bits per heavy atom. The monoisotopic (exact) mass is 290 g/mol. The summed E-state index contributed by atoms with van der Waals surface area (Å²) in [4.78, 5) is 11.9. The van der Waals surface area contributed by atoms with Crippen molar-refractivity contribution in [2.24, 2.45) is 0 Å². The van der Waals surface area contributed by atoms with Gasteiger partial charge in [0, 0.05) is 5.39 Å². The third-order valence-corrected chi connectivity index (χ3v) is 3.82. The number of hydrogen-bond acceptors (Lipinski definition) is 2. The molecule has 22 heavy (non-hydrogen) atoms. The number of ether oxygens (including phenoxy) is 1. The maximum absolute atomic E-state index is 11.9. The predicted molar refractivity (Wildman–Crippen MR) is 89.4 cm³/mol. The third kappa shape index (κ3) is 2.73. The minimum atomic E-state index is -0.120. The van der Waals surface area contributed by atoms with Gasteiger partial charge in [-0.1, -0.05) is 60.7 Å². The lowest BCUT2D eigenvalue weighted by Crippen LogP contribution is -2.07. The summed E-state index contributed by atoms with van der Waals surface area (Å²) in [5.41, 5.74) is 1.71. The highest BCUT2D eigenvalue weighted by molar-refractivity contribution is 6.03. The van der Waals surface area contributed by atoms with E-state index in [0.29, 0.717) is 11.3 Å². The van der Waals surface area contributed by atoms with E-state index in [2.05, 4.69) is 0 Å². The second kappa shape index (κ2) is 6.02. The van der Waals surface area contributed by atoms with Crippen LogP contribution in [0.1, 0.15) is 35.9 Å². The minimum Gasteiger partial charge on any atom is -0.485 e. The summed E-state index contributed by atoms with van der Waals surface area (Å²) in [7, 11) is 0. The molecule has 3 aromatic rings. The first-order valence-electron chi connectivity index (χ1n) is 7.41. The average Bonchev–Trinajstić information content (AvgIpc) is 2.55. The lowest BCUT2D eigenvalue weighted by Gasteiger charge is -2.19. The third-order valence-electron chi connectivity index (χ3n) is 3.82. The van der Waals surface area contributed by atoms with Gasteiger partial charge in [-0.15, -0.1) is 0 Å². The molecule has 2 nitrogen and oxygen atoms in total. The second-order valence-electron chi connectivity index (χ2n) is 5.39. The predicted octanol–water partition coefficient (Wildman–Crippen LogP) is 5.18. The smallest absolute Gasteiger partial charge is 0.163 e. The van der Waals surface area contributed by atoms with Crippen molar-refractivity contribution in [2.45, 2.75) is 20.0 Å². The molecule has 0 N–H and O–H groups in total. The van der Waals surface area contributed by atoms with E-state index in [0.717, 1.165) is 16.3 Å². The van der Waals surface area contributed by atoms with Crippen LogP contribution in [0.4, 0.5) is 0 Å². The minimum absolute atomic E-state index is 0.0148. The Balaban J connectivity index is 2.08. The summed E-state index contributed by atoms with van der Waals surface area (Å²) in [6, 6.07) is 21.8. The van der Waals surface area contributed by atoms with Crippen LogP contribution in [0.3, 0.4) is 0 Å². The van der Waals surface area contributed by atoms with E-state index < -0.39 is 0 Å². The van der Waals surface area contributed by atoms with Gasteiger partial charge in [-0.3, -0.25) is 4.79 Å². The van der Waals surface area contributed by atoms with E-state index >= 15 is 0 Å². The highest BCUT2D eigenvalue weighted by atomic mass is 16.5. The Hall–Kier alpha value is -2.61. The number of rotatable bonds is 4. The summed E-state index contributed by atoms with van der Waals surface area (Å²) in [5, 5.41) is 2.04. The van der Waals surface area contributed by atoms with Crippen LogP contribution in [0.2, 0.25) is 0 Å². The van der Waals surface area contributed by atoms with E-state index in [1.54, 1.807) is 6.92 Å². The van der Waals surface area contributed by atoms with Crippen LogP contribution >= 0.6 is 0 Å². The van der Waals surface area contributed by atoms with Gasteiger partial charge in [-0.05, 0) is 30.9 Å². The fraction of sp³-hybridized carbons (Fsp3) is 0.150. The fourth-order valence-electron chi connectivity index (χ4n) is 2.62. The summed E-state index contributed by atoms with van der Waals surface area (Å²) < 4.78 is 6.19. The van der Waals surface area contributed by atoms with Gasteiger partial charge in [0.25, 0.3) is 0 Å². The topological polar surface area (TPSA) is 26.3 Å². The Labute approximate surface area is 130 Å². The molecule has 0 bridgehead atoms. The molecule has 0 saturated carbocycles. The van der Waals surface area contributed by atoms with Crippen molar-refractivity contribution in [3.63, 3.8) is 0 Å². The van der Waals surface area contributed by atoms with Gasteiger partial charge in [0.15, 0.2) is 5.78 Å². The molecule has 0 heterocycles. The standard InChI is InChI=1S/C20H18O2/c1-14(21)18-13-12-17-10-6-7-11-19(17)20(18)22-15(2)16-8-4-3-5-9-16/h3-13,15H,1-2H3. The molecule has 1 unspecified atom stereocenters. The van der Waals surface area contributed by atoms with Crippen LogP contribution in [0.5, 0.6) is 5.75 Å². The van der Waals surface area contributed by atoms with E-state index in [9.17, 15) is 4.79 Å². The van der Waals surface area contributed by atoms with E-state index in [-0.39, 0.29) is 11.9 Å². The lowest BCUT2D eigenvalue weighted by atomic mass is 10.0. The zero-order valence-corrected chi connectivity index (χ0v) is 12.7. The van der Waals surface area contributed by atoms with Crippen LogP contribution in [-0.2, 0) is 0 Å². The average molecular weight is 290 g/mol. The molecule has 2 heteroatoms. The Bertz CT molecular complexity index is 806. The van der Waals surface area contributed by atoms with Crippen LogP contribution in [0, 0.1) is 0 Å². The van der Waals surface area contributed by atoms with Gasteiger partial charge in [0.1, 0.15) is 11.9 Å². The number of Topliss-reactive ketones (excluding diaryl/α,β-unsaturated/α-hetero) is 1. The zero-order chi connectivity index (χ0) is 15.5. The Morgan fingerprint density at radius 1 is 0.909 bits per heavy atom. The molecule has 3 rings (SSSR count). The largest absolute Gasteiger partial charge is 0.485 e. The van der Waals surface area contributed by atoms with E-state index in [1.165, 1.54) is 0 Å². The van der Waals surface area contributed by atoms with Gasteiger partial charge >= 0.3 is 0 Å². The zero-order valence-electron chi connectivity index (χ0n) is 12.7. The molecule has 0 aromatic heterocycles. The number of ketones is 1. The van der Waals surface area contributed by atoms with Gasteiger partial charge < -0.3 is 4.74 Å². The molecule has 0 aliphatic rings. The Kier molecular flexibility index (Phi) is 3.92. The maximum Gasteiger partial charge on any atom is 0.163 e. The van der Waals surface area contributed by atoms with Gasteiger partial charge in [-0.2, -0.15) is 0 Å². The maximum atomic E-state index is 11.9. The van der Waals surface area contributed by atoms with Crippen molar-refractivity contribution in [3.8, 4) is 5.75 Å². The molecule has 0 spiro atoms. The van der Waals surface area contributed by atoms with Crippen molar-refractivity contribution in [2.75, 3.05) is 0 Å². The normalized spacial score (nSPS) is 12.1. The van der Waals surface area contributed by atoms with Gasteiger partial charge in [0.05, 0.1) is 5.56 Å². The molecule has 0 aliphatic heterocycles. The first kappa shape index (κ1) is 14.3. The summed E-state index contributed by atoms with van der Waals surface area (Å²) in [6.07, 6.45) is -0.120. The molecule has 0 aliphatic carbocycles. The number of fused-ring (bicyclic) bond motifs is 1. The number of hydrogen-bond donors (Lipinski definition) is 0. The molecule has 110 valence electrons. The fourth-order valence-corrected chi connectivity index (χ4v) is 2.62. The highest BCUT2D eigenvalue weighted by Crippen LogP contribution is 2.33. The number of carbonyl (C=O) groups is 1. The van der Waals surface area contributed by atoms with E-state index in [4.69, 9.17) is 4.74 Å².